The van der Waals surface area contributed by atoms with Gasteiger partial charge in [0.15, 0.2) is 6.29 Å². The van der Waals surface area contributed by atoms with Crippen LogP contribution >= 0.6 is 0 Å². The summed E-state index contributed by atoms with van der Waals surface area (Å²) in [5.74, 6) is 0.731. The normalized spacial score (nSPS) is 17.8. The van der Waals surface area contributed by atoms with Crippen molar-refractivity contribution in [3.8, 4) is 11.8 Å². The summed E-state index contributed by atoms with van der Waals surface area (Å²) in [7, 11) is 0. The van der Waals surface area contributed by atoms with Gasteiger partial charge in [0, 0.05) is 13.0 Å². The summed E-state index contributed by atoms with van der Waals surface area (Å²) in [4.78, 5) is 0. The first-order valence-corrected chi connectivity index (χ1v) is 8.16. The zero-order valence-electron chi connectivity index (χ0n) is 13.2. The first kappa shape index (κ1) is 15.8. The highest BCUT2D eigenvalue weighted by atomic mass is 16.7. The molecule has 4 nitrogen and oxygen atoms in total. The van der Waals surface area contributed by atoms with Crippen molar-refractivity contribution >= 4 is 10.8 Å². The Bertz CT molecular complexity index is 687. The summed E-state index contributed by atoms with van der Waals surface area (Å²) in [6.45, 7) is 1.99. The Labute approximate surface area is 136 Å². The van der Waals surface area contributed by atoms with E-state index in [2.05, 4.69) is 6.07 Å². The molecule has 2 aromatic carbocycles. The van der Waals surface area contributed by atoms with Gasteiger partial charge < -0.3 is 14.2 Å². The lowest BCUT2D eigenvalue weighted by atomic mass is 10.1. The van der Waals surface area contributed by atoms with Crippen LogP contribution in [-0.2, 0) is 9.47 Å². The predicted octanol–water partition coefficient (Wildman–Crippen LogP) is 4.02. The summed E-state index contributed by atoms with van der Waals surface area (Å²) in [5.41, 5.74) is 0.643. The largest absolute Gasteiger partial charge is 0.493 e. The summed E-state index contributed by atoms with van der Waals surface area (Å²) in [6, 6.07) is 13.9. The van der Waals surface area contributed by atoms with Crippen LogP contribution in [-0.4, -0.2) is 26.1 Å². The lowest BCUT2D eigenvalue weighted by Crippen LogP contribution is -2.23. The van der Waals surface area contributed by atoms with Crippen LogP contribution < -0.4 is 4.74 Å². The zero-order chi connectivity index (χ0) is 15.9. The smallest absolute Gasteiger partial charge is 0.157 e. The Kier molecular flexibility index (Phi) is 5.46. The van der Waals surface area contributed by atoms with Gasteiger partial charge in [0.2, 0.25) is 0 Å². The van der Waals surface area contributed by atoms with Gasteiger partial charge in [-0.15, -0.1) is 0 Å². The van der Waals surface area contributed by atoms with E-state index >= 15 is 0 Å². The van der Waals surface area contributed by atoms with E-state index < -0.39 is 0 Å². The second-order valence-electron chi connectivity index (χ2n) is 5.67. The minimum atomic E-state index is -0.0467. The molecule has 4 heteroatoms. The third kappa shape index (κ3) is 4.22. The Morgan fingerprint density at radius 3 is 2.91 bits per heavy atom. The molecule has 2 aromatic rings. The maximum atomic E-state index is 9.27. The van der Waals surface area contributed by atoms with Gasteiger partial charge in [0.25, 0.3) is 0 Å². The average molecular weight is 311 g/mol. The molecular formula is C19H21NO3. The molecule has 1 heterocycles. The molecule has 23 heavy (non-hydrogen) atoms. The van der Waals surface area contributed by atoms with Gasteiger partial charge in [-0.2, -0.15) is 5.26 Å². The Morgan fingerprint density at radius 2 is 2.09 bits per heavy atom. The molecule has 1 fully saturated rings. The van der Waals surface area contributed by atoms with Gasteiger partial charge in [-0.3, -0.25) is 0 Å². The van der Waals surface area contributed by atoms with Crippen LogP contribution in [0, 0.1) is 11.3 Å². The van der Waals surface area contributed by atoms with Crippen molar-refractivity contribution in [2.45, 2.75) is 32.0 Å². The van der Waals surface area contributed by atoms with Gasteiger partial charge in [0.05, 0.1) is 24.8 Å². The molecule has 0 spiro atoms. The number of hydrogen-bond acceptors (Lipinski definition) is 4. The third-order valence-corrected chi connectivity index (χ3v) is 3.95. The molecule has 0 radical (unpaired) electrons. The lowest BCUT2D eigenvalue weighted by Gasteiger charge is -2.22. The van der Waals surface area contributed by atoms with Crippen molar-refractivity contribution in [3.63, 3.8) is 0 Å². The van der Waals surface area contributed by atoms with E-state index in [1.807, 2.05) is 30.3 Å². The SMILES string of the molecule is N#Cc1cc(OCCCOC2CCCCO2)cc2ccccc12. The average Bonchev–Trinajstić information content (AvgIpc) is 2.61. The van der Waals surface area contributed by atoms with Gasteiger partial charge in [-0.1, -0.05) is 24.3 Å². The van der Waals surface area contributed by atoms with E-state index in [9.17, 15) is 5.26 Å². The number of nitriles is 1. The van der Waals surface area contributed by atoms with Crippen molar-refractivity contribution in [2.75, 3.05) is 19.8 Å². The molecule has 1 aliphatic heterocycles. The summed E-state index contributed by atoms with van der Waals surface area (Å²) in [6.07, 6.45) is 4.04. The monoisotopic (exact) mass is 311 g/mol. The molecule has 0 N–H and O–H groups in total. The van der Waals surface area contributed by atoms with Gasteiger partial charge >= 0.3 is 0 Å². The van der Waals surface area contributed by atoms with Crippen LogP contribution in [0.1, 0.15) is 31.2 Å². The zero-order valence-corrected chi connectivity index (χ0v) is 13.2. The molecule has 3 rings (SSSR count). The van der Waals surface area contributed by atoms with Crippen LogP contribution in [0.25, 0.3) is 10.8 Å². The molecule has 1 saturated heterocycles. The number of fused-ring (bicyclic) bond motifs is 1. The highest BCUT2D eigenvalue weighted by molar-refractivity contribution is 5.89. The number of rotatable bonds is 6. The third-order valence-electron chi connectivity index (χ3n) is 3.95. The van der Waals surface area contributed by atoms with E-state index in [1.165, 1.54) is 6.42 Å². The van der Waals surface area contributed by atoms with E-state index in [1.54, 1.807) is 6.07 Å². The van der Waals surface area contributed by atoms with Crippen LogP contribution in [0.5, 0.6) is 5.75 Å². The number of hydrogen-bond donors (Lipinski definition) is 0. The van der Waals surface area contributed by atoms with Crippen molar-refractivity contribution in [1.29, 1.82) is 5.26 Å². The highest BCUT2D eigenvalue weighted by Crippen LogP contribution is 2.25. The molecule has 1 atom stereocenters. The highest BCUT2D eigenvalue weighted by Gasteiger charge is 2.13. The second-order valence-corrected chi connectivity index (χ2v) is 5.67. The number of nitrogens with zero attached hydrogens (tertiary/aromatic N) is 1. The summed E-state index contributed by atoms with van der Waals surface area (Å²) >= 11 is 0. The van der Waals surface area contributed by atoms with Crippen molar-refractivity contribution in [2.24, 2.45) is 0 Å². The number of benzene rings is 2. The molecule has 1 aliphatic rings. The fraction of sp³-hybridized carbons (Fsp3) is 0.421. The predicted molar refractivity (Wildman–Crippen MR) is 88.3 cm³/mol. The van der Waals surface area contributed by atoms with Crippen LogP contribution in [0.3, 0.4) is 0 Å². The molecule has 0 aromatic heterocycles. The van der Waals surface area contributed by atoms with Crippen LogP contribution in [0.4, 0.5) is 0 Å². The van der Waals surface area contributed by atoms with E-state index in [0.717, 1.165) is 42.4 Å². The van der Waals surface area contributed by atoms with E-state index in [0.29, 0.717) is 18.8 Å². The van der Waals surface area contributed by atoms with Crippen LogP contribution in [0.15, 0.2) is 36.4 Å². The van der Waals surface area contributed by atoms with E-state index in [4.69, 9.17) is 14.2 Å². The first-order valence-electron chi connectivity index (χ1n) is 8.16. The van der Waals surface area contributed by atoms with Crippen molar-refractivity contribution in [1.82, 2.24) is 0 Å². The number of ether oxygens (including phenoxy) is 3. The molecule has 0 bridgehead atoms. The summed E-state index contributed by atoms with van der Waals surface area (Å²) in [5, 5.41) is 11.3. The lowest BCUT2D eigenvalue weighted by molar-refractivity contribution is -0.163. The minimum absolute atomic E-state index is 0.0467. The fourth-order valence-electron chi connectivity index (χ4n) is 2.77. The first-order chi connectivity index (χ1) is 11.4. The standard InChI is InChI=1S/C19H21NO3/c20-14-16-13-17(12-15-6-1-2-7-18(15)16)21-10-5-11-23-19-8-3-4-9-22-19/h1-2,6-7,12-13,19H,3-5,8-11H2. The maximum absolute atomic E-state index is 9.27. The van der Waals surface area contributed by atoms with Gasteiger partial charge in [-0.25, -0.2) is 0 Å². The van der Waals surface area contributed by atoms with Crippen LogP contribution in [0.2, 0.25) is 0 Å². The van der Waals surface area contributed by atoms with E-state index in [-0.39, 0.29) is 6.29 Å². The van der Waals surface area contributed by atoms with Crippen molar-refractivity contribution in [3.05, 3.63) is 42.0 Å². The Balaban J connectivity index is 1.50. The van der Waals surface area contributed by atoms with Gasteiger partial charge in [0.1, 0.15) is 5.75 Å². The molecule has 120 valence electrons. The second kappa shape index (κ2) is 7.96. The van der Waals surface area contributed by atoms with Crippen molar-refractivity contribution < 1.29 is 14.2 Å². The summed E-state index contributed by atoms with van der Waals surface area (Å²) < 4.78 is 17.0. The molecule has 1 unspecified atom stereocenters. The molecule has 0 aliphatic carbocycles. The minimum Gasteiger partial charge on any atom is -0.493 e. The topological polar surface area (TPSA) is 51.5 Å². The fourth-order valence-corrected chi connectivity index (χ4v) is 2.77. The maximum Gasteiger partial charge on any atom is 0.157 e. The molecular weight excluding hydrogens is 290 g/mol. The Hall–Kier alpha value is -2.09. The molecule has 0 saturated carbocycles. The van der Waals surface area contributed by atoms with Gasteiger partial charge in [-0.05, 0) is 42.2 Å². The quantitative estimate of drug-likeness (QED) is 0.756. The Morgan fingerprint density at radius 1 is 1.17 bits per heavy atom. The molecule has 0 amide bonds.